The molecule has 1 saturated carbocycles. The number of benzene rings is 2. The molecule has 1 aliphatic heterocycles. The molecule has 0 radical (unpaired) electrons. The van der Waals surface area contributed by atoms with Crippen LogP contribution in [-0.4, -0.2) is 42.8 Å². The third-order valence-electron chi connectivity index (χ3n) is 5.61. The molecule has 132 valence electrons. The van der Waals surface area contributed by atoms with Crippen LogP contribution in [0.25, 0.3) is 10.8 Å². The predicted octanol–water partition coefficient (Wildman–Crippen LogP) is 3.41. The van der Waals surface area contributed by atoms with Crippen LogP contribution in [0, 0.1) is 0 Å². The zero-order valence-electron chi connectivity index (χ0n) is 14.2. The SMILES string of the molecule is O=C(c1ccc2ccccc2c1)N1CC(S(=O)(=O)C2CCCCC2)C1. The summed E-state index contributed by atoms with van der Waals surface area (Å²) in [6, 6.07) is 13.6. The lowest BCUT2D eigenvalue weighted by Gasteiger charge is -2.41. The molecule has 0 spiro atoms. The molecule has 1 heterocycles. The highest BCUT2D eigenvalue weighted by atomic mass is 32.2. The van der Waals surface area contributed by atoms with Gasteiger partial charge in [0.2, 0.25) is 0 Å². The normalized spacial score (nSPS) is 19.8. The Hall–Kier alpha value is -1.88. The highest BCUT2D eigenvalue weighted by molar-refractivity contribution is 7.92. The van der Waals surface area contributed by atoms with Gasteiger partial charge in [-0.2, -0.15) is 0 Å². The van der Waals surface area contributed by atoms with Gasteiger partial charge < -0.3 is 4.90 Å². The van der Waals surface area contributed by atoms with Gasteiger partial charge in [0.1, 0.15) is 0 Å². The fourth-order valence-electron chi connectivity index (χ4n) is 3.98. The van der Waals surface area contributed by atoms with Crippen LogP contribution in [0.15, 0.2) is 42.5 Å². The van der Waals surface area contributed by atoms with Gasteiger partial charge in [0, 0.05) is 18.7 Å². The van der Waals surface area contributed by atoms with Crippen LogP contribution >= 0.6 is 0 Å². The van der Waals surface area contributed by atoms with Gasteiger partial charge >= 0.3 is 0 Å². The Morgan fingerprint density at radius 1 is 0.880 bits per heavy atom. The van der Waals surface area contributed by atoms with E-state index in [2.05, 4.69) is 0 Å². The van der Waals surface area contributed by atoms with E-state index in [1.807, 2.05) is 42.5 Å². The summed E-state index contributed by atoms with van der Waals surface area (Å²) in [5.74, 6) is -0.0687. The summed E-state index contributed by atoms with van der Waals surface area (Å²) < 4.78 is 25.4. The molecule has 4 rings (SSSR count). The van der Waals surface area contributed by atoms with Gasteiger partial charge in [-0.25, -0.2) is 8.42 Å². The summed E-state index contributed by atoms with van der Waals surface area (Å²) in [5.41, 5.74) is 0.632. The zero-order chi connectivity index (χ0) is 17.4. The standard InChI is InChI=1S/C20H23NO3S/c22-20(17-11-10-15-6-4-5-7-16(15)12-17)21-13-19(14-21)25(23,24)18-8-2-1-3-9-18/h4-7,10-12,18-19H,1-3,8-9,13-14H2. The third-order valence-corrected chi connectivity index (χ3v) is 8.24. The molecule has 25 heavy (non-hydrogen) atoms. The maximum absolute atomic E-state index is 12.7. The molecule has 2 aromatic rings. The van der Waals surface area contributed by atoms with Gasteiger partial charge in [0.05, 0.1) is 10.5 Å². The Balaban J connectivity index is 1.44. The first-order valence-electron chi connectivity index (χ1n) is 9.06. The molecule has 0 atom stereocenters. The molecule has 0 unspecified atom stereocenters. The van der Waals surface area contributed by atoms with Crippen LogP contribution in [0.5, 0.6) is 0 Å². The van der Waals surface area contributed by atoms with Crippen molar-refractivity contribution in [2.24, 2.45) is 0 Å². The molecule has 1 aliphatic carbocycles. The predicted molar refractivity (Wildman–Crippen MR) is 99.4 cm³/mol. The maximum atomic E-state index is 12.7. The van der Waals surface area contributed by atoms with Crippen LogP contribution in [-0.2, 0) is 9.84 Å². The summed E-state index contributed by atoms with van der Waals surface area (Å²) in [6.07, 6.45) is 4.74. The van der Waals surface area contributed by atoms with E-state index in [1.165, 1.54) is 0 Å². The topological polar surface area (TPSA) is 54.5 Å². The van der Waals surface area contributed by atoms with Gasteiger partial charge in [-0.15, -0.1) is 0 Å². The Morgan fingerprint density at radius 2 is 1.56 bits per heavy atom. The first kappa shape index (κ1) is 16.6. The molecule has 2 fully saturated rings. The van der Waals surface area contributed by atoms with Crippen LogP contribution in [0.4, 0.5) is 0 Å². The summed E-state index contributed by atoms with van der Waals surface area (Å²) in [6.45, 7) is 0.676. The maximum Gasteiger partial charge on any atom is 0.253 e. The van der Waals surface area contributed by atoms with Gasteiger partial charge in [0.25, 0.3) is 5.91 Å². The van der Waals surface area contributed by atoms with Crippen LogP contribution in [0.1, 0.15) is 42.5 Å². The molecule has 2 aromatic carbocycles. The number of fused-ring (bicyclic) bond motifs is 1. The van der Waals surface area contributed by atoms with Crippen LogP contribution in [0.3, 0.4) is 0 Å². The number of likely N-dealkylation sites (tertiary alicyclic amines) is 1. The Labute approximate surface area is 148 Å². The zero-order valence-corrected chi connectivity index (χ0v) is 15.0. The molecule has 5 heteroatoms. The highest BCUT2D eigenvalue weighted by Gasteiger charge is 2.43. The minimum atomic E-state index is -3.10. The van der Waals surface area contributed by atoms with Crippen molar-refractivity contribution in [3.63, 3.8) is 0 Å². The number of carbonyl (C=O) groups is 1. The minimum absolute atomic E-state index is 0.0687. The molecule has 0 N–H and O–H groups in total. The average Bonchev–Trinajstić information content (AvgIpc) is 2.60. The Bertz CT molecular complexity index is 894. The van der Waals surface area contributed by atoms with Gasteiger partial charge in [-0.05, 0) is 35.7 Å². The van der Waals surface area contributed by atoms with E-state index in [1.54, 1.807) is 4.90 Å². The number of nitrogens with zero attached hydrogens (tertiary/aromatic N) is 1. The van der Waals surface area contributed by atoms with Gasteiger partial charge in [0.15, 0.2) is 9.84 Å². The van der Waals surface area contributed by atoms with E-state index < -0.39 is 9.84 Å². The Morgan fingerprint density at radius 3 is 2.28 bits per heavy atom. The molecule has 2 aliphatic rings. The lowest BCUT2D eigenvalue weighted by atomic mass is 10.0. The number of sulfone groups is 1. The van der Waals surface area contributed by atoms with E-state index in [0.717, 1.165) is 42.9 Å². The number of amides is 1. The first-order chi connectivity index (χ1) is 12.1. The van der Waals surface area contributed by atoms with Crippen molar-refractivity contribution in [2.45, 2.75) is 42.6 Å². The van der Waals surface area contributed by atoms with Crippen LogP contribution < -0.4 is 0 Å². The number of hydrogen-bond donors (Lipinski definition) is 0. The molecule has 4 nitrogen and oxygen atoms in total. The van der Waals surface area contributed by atoms with Crippen molar-refractivity contribution >= 4 is 26.5 Å². The molecule has 1 amide bonds. The fraction of sp³-hybridized carbons (Fsp3) is 0.450. The quantitative estimate of drug-likeness (QED) is 0.846. The summed E-state index contributed by atoms with van der Waals surface area (Å²) in [5, 5.41) is 1.56. The van der Waals surface area contributed by atoms with Crippen molar-refractivity contribution < 1.29 is 13.2 Å². The lowest BCUT2D eigenvalue weighted by Crippen LogP contribution is -2.58. The monoisotopic (exact) mass is 357 g/mol. The van der Waals surface area contributed by atoms with Crippen molar-refractivity contribution in [1.82, 2.24) is 4.90 Å². The molecule has 1 saturated heterocycles. The van der Waals surface area contributed by atoms with E-state index in [9.17, 15) is 13.2 Å². The van der Waals surface area contributed by atoms with Gasteiger partial charge in [-0.3, -0.25) is 4.79 Å². The summed E-state index contributed by atoms with van der Waals surface area (Å²) in [7, 11) is -3.10. The van der Waals surface area contributed by atoms with Gasteiger partial charge in [-0.1, -0.05) is 49.6 Å². The second-order valence-electron chi connectivity index (χ2n) is 7.24. The summed E-state index contributed by atoms with van der Waals surface area (Å²) in [4.78, 5) is 14.3. The van der Waals surface area contributed by atoms with Crippen molar-refractivity contribution in [3.05, 3.63) is 48.0 Å². The fourth-order valence-corrected chi connectivity index (χ4v) is 6.29. The van der Waals surface area contributed by atoms with Crippen molar-refractivity contribution in [3.8, 4) is 0 Å². The molecular formula is C20H23NO3S. The lowest BCUT2D eigenvalue weighted by molar-refractivity contribution is 0.0658. The molecule has 0 aromatic heterocycles. The van der Waals surface area contributed by atoms with E-state index in [4.69, 9.17) is 0 Å². The second-order valence-corrected chi connectivity index (χ2v) is 9.75. The van der Waals surface area contributed by atoms with Crippen molar-refractivity contribution in [2.75, 3.05) is 13.1 Å². The largest absolute Gasteiger partial charge is 0.336 e. The summed E-state index contributed by atoms with van der Waals surface area (Å²) >= 11 is 0. The van der Waals surface area contributed by atoms with Crippen LogP contribution in [0.2, 0.25) is 0 Å². The molecular weight excluding hydrogens is 334 g/mol. The number of carbonyl (C=O) groups excluding carboxylic acids is 1. The molecule has 0 bridgehead atoms. The third kappa shape index (κ3) is 3.06. The smallest absolute Gasteiger partial charge is 0.253 e. The number of hydrogen-bond acceptors (Lipinski definition) is 3. The second kappa shape index (κ2) is 6.45. The van der Waals surface area contributed by atoms with E-state index in [-0.39, 0.29) is 16.4 Å². The van der Waals surface area contributed by atoms with E-state index >= 15 is 0 Å². The highest BCUT2D eigenvalue weighted by Crippen LogP contribution is 2.30. The first-order valence-corrected chi connectivity index (χ1v) is 10.7. The number of rotatable bonds is 3. The average molecular weight is 357 g/mol. The van der Waals surface area contributed by atoms with E-state index in [0.29, 0.717) is 18.7 Å². The minimum Gasteiger partial charge on any atom is -0.336 e. The van der Waals surface area contributed by atoms with Crippen molar-refractivity contribution in [1.29, 1.82) is 0 Å². The Kier molecular flexibility index (Phi) is 4.28.